The van der Waals surface area contributed by atoms with Gasteiger partial charge in [-0.2, -0.15) is 0 Å². The van der Waals surface area contributed by atoms with E-state index in [0.717, 1.165) is 50.8 Å². The average Bonchev–Trinajstić information content (AvgIpc) is 2.48. The van der Waals surface area contributed by atoms with Crippen LogP contribution < -0.4 is 5.32 Å². The number of likely N-dealkylation sites (N-methyl/N-ethyl adjacent to an activating group) is 1. The summed E-state index contributed by atoms with van der Waals surface area (Å²) in [4.78, 5) is 20.8. The summed E-state index contributed by atoms with van der Waals surface area (Å²) in [6.45, 7) is 5.77. The Kier molecular flexibility index (Phi) is 5.56. The van der Waals surface area contributed by atoms with E-state index in [2.05, 4.69) is 22.1 Å². The van der Waals surface area contributed by atoms with Crippen LogP contribution in [0, 0.1) is 5.92 Å². The van der Waals surface area contributed by atoms with Gasteiger partial charge in [0.05, 0.1) is 5.56 Å². The molecular weight excluding hydrogens is 264 g/mol. The third-order valence-corrected chi connectivity index (χ3v) is 3.95. The molecule has 0 spiro atoms. The Labute approximate surface area is 127 Å². The zero-order valence-electron chi connectivity index (χ0n) is 13.3. The van der Waals surface area contributed by atoms with Crippen LogP contribution in [0.2, 0.25) is 0 Å². The van der Waals surface area contributed by atoms with E-state index in [-0.39, 0.29) is 5.91 Å². The van der Waals surface area contributed by atoms with Crippen molar-refractivity contribution in [2.45, 2.75) is 19.8 Å². The Morgan fingerprint density at radius 3 is 2.67 bits per heavy atom. The molecule has 2 heterocycles. The lowest BCUT2D eigenvalue weighted by Crippen LogP contribution is -2.37. The number of aromatic nitrogens is 1. The van der Waals surface area contributed by atoms with Crippen molar-refractivity contribution in [3.63, 3.8) is 0 Å². The van der Waals surface area contributed by atoms with E-state index in [1.807, 2.05) is 31.1 Å². The molecule has 1 saturated heterocycles. The van der Waals surface area contributed by atoms with Crippen LogP contribution in [-0.4, -0.2) is 61.0 Å². The number of pyridine rings is 1. The summed E-state index contributed by atoms with van der Waals surface area (Å²) < 4.78 is 0. The molecule has 1 aliphatic heterocycles. The minimum Gasteiger partial charge on any atom is -0.369 e. The molecule has 2 rings (SSSR count). The van der Waals surface area contributed by atoms with Gasteiger partial charge in [0.15, 0.2) is 0 Å². The van der Waals surface area contributed by atoms with Gasteiger partial charge >= 0.3 is 0 Å². The van der Waals surface area contributed by atoms with Crippen LogP contribution >= 0.6 is 0 Å². The number of nitrogens with zero attached hydrogens (tertiary/aromatic N) is 3. The number of rotatable bonds is 5. The highest BCUT2D eigenvalue weighted by Crippen LogP contribution is 2.18. The first-order valence-corrected chi connectivity index (χ1v) is 7.70. The molecule has 5 nitrogen and oxygen atoms in total. The summed E-state index contributed by atoms with van der Waals surface area (Å²) >= 11 is 0. The summed E-state index contributed by atoms with van der Waals surface area (Å²) in [5.41, 5.74) is 0.683. The maximum absolute atomic E-state index is 12.4. The molecule has 1 aliphatic rings. The van der Waals surface area contributed by atoms with Crippen molar-refractivity contribution in [2.75, 3.05) is 45.6 Å². The fourth-order valence-electron chi connectivity index (χ4n) is 2.43. The Morgan fingerprint density at radius 2 is 2.10 bits per heavy atom. The average molecular weight is 290 g/mol. The minimum absolute atomic E-state index is 0.106. The van der Waals surface area contributed by atoms with Gasteiger partial charge in [-0.3, -0.25) is 4.79 Å². The number of amides is 1. The van der Waals surface area contributed by atoms with E-state index in [1.165, 1.54) is 0 Å². The van der Waals surface area contributed by atoms with Crippen molar-refractivity contribution in [3.05, 3.63) is 23.9 Å². The van der Waals surface area contributed by atoms with Crippen LogP contribution in [0.1, 0.15) is 30.1 Å². The highest BCUT2D eigenvalue weighted by atomic mass is 16.2. The normalized spacial score (nSPS) is 16.3. The van der Waals surface area contributed by atoms with Crippen molar-refractivity contribution >= 4 is 11.7 Å². The summed E-state index contributed by atoms with van der Waals surface area (Å²) in [5.74, 6) is 1.66. The van der Waals surface area contributed by atoms with Gasteiger partial charge < -0.3 is 15.1 Å². The van der Waals surface area contributed by atoms with Crippen LogP contribution in [0.3, 0.4) is 0 Å². The predicted molar refractivity (Wildman–Crippen MR) is 85.6 cm³/mol. The monoisotopic (exact) mass is 290 g/mol. The maximum atomic E-state index is 12.4. The van der Waals surface area contributed by atoms with Gasteiger partial charge in [-0.1, -0.05) is 6.92 Å². The number of piperidine rings is 1. The lowest BCUT2D eigenvalue weighted by atomic mass is 9.99. The molecule has 0 radical (unpaired) electrons. The van der Waals surface area contributed by atoms with Gasteiger partial charge in [0, 0.05) is 32.4 Å². The third-order valence-electron chi connectivity index (χ3n) is 3.95. The zero-order valence-corrected chi connectivity index (χ0v) is 13.3. The fourth-order valence-corrected chi connectivity index (χ4v) is 2.43. The van der Waals surface area contributed by atoms with Gasteiger partial charge in [0.1, 0.15) is 5.82 Å². The highest BCUT2D eigenvalue weighted by molar-refractivity contribution is 5.94. The molecule has 1 N–H and O–H groups in total. The highest BCUT2D eigenvalue weighted by Gasteiger charge is 2.21. The molecule has 5 heteroatoms. The van der Waals surface area contributed by atoms with Crippen LogP contribution in [0.4, 0.5) is 5.82 Å². The number of likely N-dealkylation sites (tertiary alicyclic amines) is 1. The van der Waals surface area contributed by atoms with Gasteiger partial charge in [0.25, 0.3) is 5.91 Å². The number of hydrogen-bond donors (Lipinski definition) is 1. The van der Waals surface area contributed by atoms with Crippen LogP contribution in [0.25, 0.3) is 0 Å². The molecule has 0 saturated carbocycles. The van der Waals surface area contributed by atoms with Crippen LogP contribution in [-0.2, 0) is 0 Å². The van der Waals surface area contributed by atoms with E-state index in [4.69, 9.17) is 0 Å². The van der Waals surface area contributed by atoms with Crippen molar-refractivity contribution in [1.82, 2.24) is 14.8 Å². The molecule has 1 aromatic heterocycles. The predicted octanol–water partition coefficient (Wildman–Crippen LogP) is 1.93. The number of anilines is 1. The lowest BCUT2D eigenvalue weighted by molar-refractivity contribution is 0.0697. The van der Waals surface area contributed by atoms with Gasteiger partial charge in [-0.05, 0) is 45.0 Å². The largest absolute Gasteiger partial charge is 0.369 e. The second-order valence-electron chi connectivity index (χ2n) is 6.14. The summed E-state index contributed by atoms with van der Waals surface area (Å²) in [7, 11) is 4.08. The Hall–Kier alpha value is -1.62. The Bertz CT molecular complexity index is 450. The van der Waals surface area contributed by atoms with Gasteiger partial charge in [-0.15, -0.1) is 0 Å². The Balaban J connectivity index is 1.87. The minimum atomic E-state index is 0.106. The number of nitrogens with one attached hydrogen (secondary N) is 1. The molecule has 0 aliphatic carbocycles. The molecule has 21 heavy (non-hydrogen) atoms. The number of hydrogen-bond acceptors (Lipinski definition) is 4. The zero-order chi connectivity index (χ0) is 15.2. The van der Waals surface area contributed by atoms with E-state index >= 15 is 0 Å². The fraction of sp³-hybridized carbons (Fsp3) is 0.625. The van der Waals surface area contributed by atoms with Gasteiger partial charge in [-0.25, -0.2) is 4.98 Å². The standard InChI is InChI=1S/C16H26N4O/c1-13-6-9-20(10-7-13)16(21)14-4-5-15(18-12-14)17-8-11-19(2)3/h4-5,12-13H,6-11H2,1-3H3,(H,17,18). The maximum Gasteiger partial charge on any atom is 0.255 e. The van der Waals surface area contributed by atoms with Crippen LogP contribution in [0.5, 0.6) is 0 Å². The molecular formula is C16H26N4O. The van der Waals surface area contributed by atoms with Crippen molar-refractivity contribution in [1.29, 1.82) is 0 Å². The first kappa shape index (κ1) is 15.8. The van der Waals surface area contributed by atoms with Crippen molar-refractivity contribution in [3.8, 4) is 0 Å². The SMILES string of the molecule is CC1CCN(C(=O)c2ccc(NCCN(C)C)nc2)CC1. The van der Waals surface area contributed by atoms with E-state index in [9.17, 15) is 4.79 Å². The van der Waals surface area contributed by atoms with Crippen LogP contribution in [0.15, 0.2) is 18.3 Å². The second kappa shape index (κ2) is 7.41. The van der Waals surface area contributed by atoms with E-state index in [1.54, 1.807) is 6.20 Å². The molecule has 1 amide bonds. The molecule has 0 unspecified atom stereocenters. The first-order chi connectivity index (χ1) is 10.1. The van der Waals surface area contributed by atoms with E-state index < -0.39 is 0 Å². The number of carbonyl (C=O) groups is 1. The first-order valence-electron chi connectivity index (χ1n) is 7.70. The molecule has 1 fully saturated rings. The van der Waals surface area contributed by atoms with Crippen molar-refractivity contribution in [2.24, 2.45) is 5.92 Å². The smallest absolute Gasteiger partial charge is 0.255 e. The number of carbonyl (C=O) groups excluding carboxylic acids is 1. The van der Waals surface area contributed by atoms with Gasteiger partial charge in [0.2, 0.25) is 0 Å². The molecule has 0 atom stereocenters. The summed E-state index contributed by atoms with van der Waals surface area (Å²) in [5, 5.41) is 3.25. The molecule has 1 aromatic rings. The second-order valence-corrected chi connectivity index (χ2v) is 6.14. The summed E-state index contributed by atoms with van der Waals surface area (Å²) in [6.07, 6.45) is 3.88. The van der Waals surface area contributed by atoms with Crippen molar-refractivity contribution < 1.29 is 4.79 Å². The Morgan fingerprint density at radius 1 is 1.38 bits per heavy atom. The molecule has 0 bridgehead atoms. The lowest BCUT2D eigenvalue weighted by Gasteiger charge is -2.30. The topological polar surface area (TPSA) is 48.5 Å². The molecule has 0 aromatic carbocycles. The third kappa shape index (κ3) is 4.70. The quantitative estimate of drug-likeness (QED) is 0.900. The van der Waals surface area contributed by atoms with E-state index in [0.29, 0.717) is 5.56 Å². The summed E-state index contributed by atoms with van der Waals surface area (Å²) in [6, 6.07) is 3.75. The molecule has 116 valence electrons.